The molecule has 0 bridgehead atoms. The second-order valence-corrected chi connectivity index (χ2v) is 8.10. The highest BCUT2D eigenvalue weighted by molar-refractivity contribution is 7.22. The fourth-order valence-electron chi connectivity index (χ4n) is 2.74. The van der Waals surface area contributed by atoms with Gasteiger partial charge in [0, 0.05) is 12.6 Å². The Balaban J connectivity index is 1.73. The van der Waals surface area contributed by atoms with Gasteiger partial charge in [0.15, 0.2) is 16.8 Å². The van der Waals surface area contributed by atoms with Crippen LogP contribution in [0.2, 0.25) is 0 Å². The highest BCUT2D eigenvalue weighted by Crippen LogP contribution is 2.29. The summed E-state index contributed by atoms with van der Waals surface area (Å²) in [5.74, 6) is -2.35. The fraction of sp³-hybridized carbons (Fsp3) is 0.471. The van der Waals surface area contributed by atoms with Crippen molar-refractivity contribution in [1.29, 1.82) is 0 Å². The van der Waals surface area contributed by atoms with E-state index in [1.807, 2.05) is 0 Å². The first-order valence-corrected chi connectivity index (χ1v) is 9.02. The summed E-state index contributed by atoms with van der Waals surface area (Å²) >= 11 is 1.04. The zero-order valence-electron chi connectivity index (χ0n) is 14.6. The molecule has 2 aromatic rings. The van der Waals surface area contributed by atoms with E-state index in [2.05, 4.69) is 10.3 Å². The van der Waals surface area contributed by atoms with Gasteiger partial charge < -0.3 is 10.1 Å². The molecule has 1 N–H and O–H groups in total. The molecule has 1 aliphatic rings. The van der Waals surface area contributed by atoms with Crippen LogP contribution in [-0.2, 0) is 9.53 Å². The fourth-order valence-corrected chi connectivity index (χ4v) is 3.62. The average molecular weight is 383 g/mol. The van der Waals surface area contributed by atoms with Crippen molar-refractivity contribution in [1.82, 2.24) is 9.88 Å². The van der Waals surface area contributed by atoms with Gasteiger partial charge in [0.25, 0.3) is 0 Å². The number of anilines is 1. The summed E-state index contributed by atoms with van der Waals surface area (Å²) in [5, 5.41) is 2.86. The molecule has 0 aliphatic carbocycles. The van der Waals surface area contributed by atoms with Gasteiger partial charge in [-0.15, -0.1) is 0 Å². The zero-order valence-corrected chi connectivity index (χ0v) is 15.5. The molecule has 0 saturated carbocycles. The minimum absolute atomic E-state index is 0.228. The van der Waals surface area contributed by atoms with Gasteiger partial charge in [-0.1, -0.05) is 11.3 Å². The highest BCUT2D eigenvalue weighted by atomic mass is 32.1. The van der Waals surface area contributed by atoms with Crippen LogP contribution in [0.5, 0.6) is 0 Å². The predicted octanol–water partition coefficient (Wildman–Crippen LogP) is 3.91. The number of likely N-dealkylation sites (tertiary alicyclic amines) is 1. The van der Waals surface area contributed by atoms with Gasteiger partial charge in [-0.25, -0.2) is 18.6 Å². The number of carbonyl (C=O) groups excluding carboxylic acids is 2. The smallest absolute Gasteiger partial charge is 0.410 e. The quantitative estimate of drug-likeness (QED) is 0.853. The number of halogens is 2. The van der Waals surface area contributed by atoms with Gasteiger partial charge in [-0.2, -0.15) is 0 Å². The number of thiazole rings is 1. The number of amides is 2. The average Bonchev–Trinajstić information content (AvgIpc) is 3.12. The van der Waals surface area contributed by atoms with E-state index in [-0.39, 0.29) is 10.6 Å². The molecule has 1 aliphatic heterocycles. The van der Waals surface area contributed by atoms with Crippen molar-refractivity contribution < 1.29 is 23.1 Å². The molecule has 9 heteroatoms. The van der Waals surface area contributed by atoms with Crippen molar-refractivity contribution in [3.05, 3.63) is 23.8 Å². The molecule has 2 heterocycles. The van der Waals surface area contributed by atoms with Crippen molar-refractivity contribution in [2.75, 3.05) is 11.9 Å². The van der Waals surface area contributed by atoms with E-state index in [0.29, 0.717) is 24.1 Å². The topological polar surface area (TPSA) is 71.5 Å². The molecule has 2 amide bonds. The Kier molecular flexibility index (Phi) is 4.83. The third kappa shape index (κ3) is 3.92. The molecule has 1 aromatic heterocycles. The normalized spacial score (nSPS) is 17.6. The first kappa shape index (κ1) is 18.5. The van der Waals surface area contributed by atoms with Crippen LogP contribution in [0.3, 0.4) is 0 Å². The number of hydrogen-bond donors (Lipinski definition) is 1. The molecular formula is C17H19F2N3O3S. The lowest BCUT2D eigenvalue weighted by atomic mass is 10.2. The lowest BCUT2D eigenvalue weighted by Gasteiger charge is -2.27. The van der Waals surface area contributed by atoms with E-state index >= 15 is 0 Å². The Morgan fingerprint density at radius 2 is 2.00 bits per heavy atom. The molecule has 1 fully saturated rings. The van der Waals surface area contributed by atoms with E-state index in [9.17, 15) is 18.4 Å². The summed E-state index contributed by atoms with van der Waals surface area (Å²) in [7, 11) is 0. The van der Waals surface area contributed by atoms with Gasteiger partial charge in [0.2, 0.25) is 5.91 Å². The van der Waals surface area contributed by atoms with Crippen LogP contribution < -0.4 is 5.32 Å². The number of hydrogen-bond acceptors (Lipinski definition) is 5. The summed E-state index contributed by atoms with van der Waals surface area (Å²) in [5.41, 5.74) is -0.387. The van der Waals surface area contributed by atoms with E-state index in [0.717, 1.165) is 23.5 Å². The van der Waals surface area contributed by atoms with Crippen LogP contribution in [-0.4, -0.2) is 40.1 Å². The number of rotatable bonds is 2. The minimum atomic E-state index is -0.993. The van der Waals surface area contributed by atoms with Gasteiger partial charge >= 0.3 is 6.09 Å². The lowest BCUT2D eigenvalue weighted by molar-refractivity contribution is -0.120. The number of benzene rings is 1. The molecule has 3 rings (SSSR count). The molecule has 6 nitrogen and oxygen atoms in total. The van der Waals surface area contributed by atoms with E-state index < -0.39 is 35.3 Å². The third-order valence-corrected chi connectivity index (χ3v) is 4.78. The number of carbonyl (C=O) groups is 2. The van der Waals surface area contributed by atoms with Gasteiger partial charge in [-0.3, -0.25) is 9.69 Å². The first-order valence-electron chi connectivity index (χ1n) is 8.20. The van der Waals surface area contributed by atoms with Crippen molar-refractivity contribution in [2.24, 2.45) is 0 Å². The maximum atomic E-state index is 13.3. The Labute approximate surface area is 153 Å². The molecule has 1 unspecified atom stereocenters. The van der Waals surface area contributed by atoms with Crippen molar-refractivity contribution in [3.63, 3.8) is 0 Å². The standard InChI is InChI=1S/C17H19F2N3O3S/c1-17(2,3)25-16(24)22-6-4-5-12(22)14(23)21-15-20-11-7-9(18)10(19)8-13(11)26-15/h7-8,12H,4-6H2,1-3H3,(H,20,21,23). The number of aromatic nitrogens is 1. The molecule has 140 valence electrons. The monoisotopic (exact) mass is 383 g/mol. The minimum Gasteiger partial charge on any atom is -0.444 e. The molecule has 0 radical (unpaired) electrons. The SMILES string of the molecule is CC(C)(C)OC(=O)N1CCCC1C(=O)Nc1nc2cc(F)c(F)cc2s1. The van der Waals surface area contributed by atoms with E-state index in [1.165, 1.54) is 4.90 Å². The third-order valence-electron chi connectivity index (χ3n) is 3.84. The molecule has 1 atom stereocenters. The molecular weight excluding hydrogens is 364 g/mol. The van der Waals surface area contributed by atoms with Crippen molar-refractivity contribution in [2.45, 2.75) is 45.3 Å². The zero-order chi connectivity index (χ0) is 19.1. The van der Waals surface area contributed by atoms with Crippen molar-refractivity contribution in [3.8, 4) is 0 Å². The van der Waals surface area contributed by atoms with Crippen LogP contribution in [0, 0.1) is 11.6 Å². The Morgan fingerprint density at radius 1 is 1.31 bits per heavy atom. The Bertz CT molecular complexity index is 824. The second-order valence-electron chi connectivity index (χ2n) is 7.07. The second kappa shape index (κ2) is 6.79. The summed E-state index contributed by atoms with van der Waals surface area (Å²) in [6.07, 6.45) is 0.663. The van der Waals surface area contributed by atoms with E-state index in [1.54, 1.807) is 20.8 Å². The van der Waals surface area contributed by atoms with Gasteiger partial charge in [0.1, 0.15) is 11.6 Å². The maximum Gasteiger partial charge on any atom is 0.410 e. The molecule has 1 saturated heterocycles. The largest absolute Gasteiger partial charge is 0.444 e. The van der Waals surface area contributed by atoms with Crippen LogP contribution in [0.4, 0.5) is 18.7 Å². The van der Waals surface area contributed by atoms with E-state index in [4.69, 9.17) is 4.74 Å². The van der Waals surface area contributed by atoms with Crippen LogP contribution in [0.1, 0.15) is 33.6 Å². The lowest BCUT2D eigenvalue weighted by Crippen LogP contribution is -2.45. The van der Waals surface area contributed by atoms with Gasteiger partial charge in [-0.05, 0) is 39.7 Å². The molecule has 0 spiro atoms. The van der Waals surface area contributed by atoms with Gasteiger partial charge in [0.05, 0.1) is 10.2 Å². The number of ether oxygens (including phenoxy) is 1. The van der Waals surface area contributed by atoms with Crippen LogP contribution in [0.25, 0.3) is 10.2 Å². The molecule has 1 aromatic carbocycles. The number of fused-ring (bicyclic) bond motifs is 1. The summed E-state index contributed by atoms with van der Waals surface area (Å²) in [6, 6.07) is 1.37. The highest BCUT2D eigenvalue weighted by Gasteiger charge is 2.36. The molecule has 26 heavy (non-hydrogen) atoms. The number of nitrogens with one attached hydrogen (secondary N) is 1. The predicted molar refractivity (Wildman–Crippen MR) is 94.1 cm³/mol. The maximum absolute atomic E-state index is 13.3. The number of nitrogens with zero attached hydrogens (tertiary/aromatic N) is 2. The van der Waals surface area contributed by atoms with Crippen molar-refractivity contribution >= 4 is 38.7 Å². The summed E-state index contributed by atoms with van der Waals surface area (Å²) in [4.78, 5) is 30.3. The summed E-state index contributed by atoms with van der Waals surface area (Å²) in [6.45, 7) is 5.71. The van der Waals surface area contributed by atoms with Crippen LogP contribution in [0.15, 0.2) is 12.1 Å². The first-order chi connectivity index (χ1) is 12.1. The van der Waals surface area contributed by atoms with Crippen LogP contribution >= 0.6 is 11.3 Å². The Morgan fingerprint density at radius 3 is 2.69 bits per heavy atom. The summed E-state index contributed by atoms with van der Waals surface area (Å²) < 4.78 is 32.3. The Hall–Kier alpha value is -2.29.